The quantitative estimate of drug-likeness (QED) is 0.318. The number of carbonyl (C=O) groups excluding carboxylic acids is 2. The lowest BCUT2D eigenvalue weighted by Gasteiger charge is -2.12. The molecule has 0 aliphatic rings. The first kappa shape index (κ1) is 23.3. The molecule has 0 saturated heterocycles. The number of carbonyl (C=O) groups is 2. The molecule has 32 heavy (non-hydrogen) atoms. The Morgan fingerprint density at radius 2 is 1.78 bits per heavy atom. The highest BCUT2D eigenvalue weighted by Gasteiger charge is 2.14. The first-order valence-corrected chi connectivity index (χ1v) is 11.7. The molecule has 5 nitrogen and oxygen atoms in total. The van der Waals surface area contributed by atoms with Crippen molar-refractivity contribution in [2.24, 2.45) is 0 Å². The van der Waals surface area contributed by atoms with Crippen molar-refractivity contribution in [2.75, 3.05) is 13.2 Å². The summed E-state index contributed by atoms with van der Waals surface area (Å²) in [7, 11) is 0. The topological polar surface area (TPSA) is 67.4 Å². The van der Waals surface area contributed by atoms with Crippen LogP contribution in [0.25, 0.3) is 6.08 Å². The van der Waals surface area contributed by atoms with Crippen molar-refractivity contribution in [3.05, 3.63) is 93.8 Å². The Kier molecular flexibility index (Phi) is 9.07. The van der Waals surface area contributed by atoms with Crippen molar-refractivity contribution in [3.8, 4) is 5.75 Å². The minimum Gasteiger partial charge on any atom is -0.493 e. The van der Waals surface area contributed by atoms with Gasteiger partial charge < -0.3 is 15.4 Å². The minimum absolute atomic E-state index is 0.230. The zero-order valence-corrected chi connectivity index (χ0v) is 19.0. The summed E-state index contributed by atoms with van der Waals surface area (Å²) in [6.45, 7) is 3.26. The molecule has 0 aliphatic heterocycles. The number of ether oxygens (including phenoxy) is 1. The van der Waals surface area contributed by atoms with Crippen LogP contribution in [0.15, 0.2) is 77.8 Å². The van der Waals surface area contributed by atoms with Crippen molar-refractivity contribution in [3.63, 3.8) is 0 Å². The molecule has 0 fully saturated rings. The van der Waals surface area contributed by atoms with Crippen LogP contribution in [0.3, 0.4) is 0 Å². The number of hydrogen-bond donors (Lipinski definition) is 2. The lowest BCUT2D eigenvalue weighted by Crippen LogP contribution is -2.35. The Labute approximate surface area is 193 Å². The van der Waals surface area contributed by atoms with E-state index in [1.807, 2.05) is 41.8 Å². The van der Waals surface area contributed by atoms with Gasteiger partial charge in [-0.25, -0.2) is 0 Å². The van der Waals surface area contributed by atoms with Gasteiger partial charge in [-0.3, -0.25) is 9.59 Å². The number of hydrogen-bond acceptors (Lipinski definition) is 4. The fourth-order valence-electron chi connectivity index (χ4n) is 3.10. The van der Waals surface area contributed by atoms with Gasteiger partial charge >= 0.3 is 0 Å². The van der Waals surface area contributed by atoms with Crippen LogP contribution < -0.4 is 15.4 Å². The number of aryl methyl sites for hydroxylation is 1. The molecule has 3 aromatic rings. The number of nitrogens with one attached hydrogen (secondary N) is 2. The maximum absolute atomic E-state index is 12.8. The zero-order chi connectivity index (χ0) is 22.6. The molecule has 0 aliphatic carbocycles. The summed E-state index contributed by atoms with van der Waals surface area (Å²) in [6.07, 6.45) is 4.21. The highest BCUT2D eigenvalue weighted by atomic mass is 32.1. The lowest BCUT2D eigenvalue weighted by atomic mass is 10.1. The molecule has 1 aromatic heterocycles. The number of amides is 2. The molecule has 0 saturated carbocycles. The molecule has 0 unspecified atom stereocenters. The predicted octanol–water partition coefficient (Wildman–Crippen LogP) is 5.06. The van der Waals surface area contributed by atoms with Gasteiger partial charge in [-0.2, -0.15) is 0 Å². The van der Waals surface area contributed by atoms with Crippen molar-refractivity contribution in [1.82, 2.24) is 10.6 Å². The molecule has 0 radical (unpaired) electrons. The molecule has 6 heteroatoms. The summed E-state index contributed by atoms with van der Waals surface area (Å²) in [6, 6.07) is 20.7. The van der Waals surface area contributed by atoms with E-state index in [0.717, 1.165) is 35.5 Å². The second-order valence-corrected chi connectivity index (χ2v) is 8.19. The molecule has 1 heterocycles. The van der Waals surface area contributed by atoms with Crippen LogP contribution in [-0.4, -0.2) is 25.0 Å². The van der Waals surface area contributed by atoms with Gasteiger partial charge in [0.2, 0.25) is 0 Å². The number of rotatable bonds is 11. The Morgan fingerprint density at radius 1 is 1.00 bits per heavy atom. The lowest BCUT2D eigenvalue weighted by molar-refractivity contribution is -0.117. The first-order chi connectivity index (χ1) is 15.7. The van der Waals surface area contributed by atoms with Gasteiger partial charge in [0.25, 0.3) is 11.8 Å². The van der Waals surface area contributed by atoms with Gasteiger partial charge in [-0.05, 0) is 60.5 Å². The minimum atomic E-state index is -0.314. The van der Waals surface area contributed by atoms with E-state index < -0.39 is 0 Å². The predicted molar refractivity (Wildman–Crippen MR) is 130 cm³/mol. The van der Waals surface area contributed by atoms with Gasteiger partial charge in [0, 0.05) is 17.0 Å². The fourth-order valence-corrected chi connectivity index (χ4v) is 3.75. The van der Waals surface area contributed by atoms with Crippen LogP contribution in [0.1, 0.15) is 40.6 Å². The van der Waals surface area contributed by atoms with Crippen molar-refractivity contribution in [2.45, 2.75) is 26.2 Å². The van der Waals surface area contributed by atoms with Gasteiger partial charge in [0.05, 0.1) is 6.61 Å². The van der Waals surface area contributed by atoms with E-state index >= 15 is 0 Å². The largest absolute Gasteiger partial charge is 0.493 e. The molecule has 2 aromatic carbocycles. The van der Waals surface area contributed by atoms with Crippen LogP contribution in [-0.2, 0) is 11.2 Å². The summed E-state index contributed by atoms with van der Waals surface area (Å²) in [5, 5.41) is 7.61. The monoisotopic (exact) mass is 448 g/mol. The third-order valence-corrected chi connectivity index (χ3v) is 5.52. The highest BCUT2D eigenvalue weighted by Crippen LogP contribution is 2.19. The molecule has 2 amide bonds. The second kappa shape index (κ2) is 12.5. The van der Waals surface area contributed by atoms with E-state index in [4.69, 9.17) is 4.74 Å². The van der Waals surface area contributed by atoms with Crippen molar-refractivity contribution in [1.29, 1.82) is 0 Å². The third-order valence-electron chi connectivity index (χ3n) is 4.70. The highest BCUT2D eigenvalue weighted by molar-refractivity contribution is 7.10. The normalized spacial score (nSPS) is 11.1. The summed E-state index contributed by atoms with van der Waals surface area (Å²) in [5.74, 6) is 0.276. The summed E-state index contributed by atoms with van der Waals surface area (Å²) in [5.41, 5.74) is 1.86. The molecular formula is C26H28N2O3S. The first-order valence-electron chi connectivity index (χ1n) is 10.8. The van der Waals surface area contributed by atoms with Gasteiger partial charge in [-0.1, -0.05) is 49.4 Å². The summed E-state index contributed by atoms with van der Waals surface area (Å²) < 4.78 is 5.80. The Hall–Kier alpha value is -3.38. The average Bonchev–Trinajstić information content (AvgIpc) is 3.34. The molecule has 0 bridgehead atoms. The van der Waals surface area contributed by atoms with Crippen LogP contribution in [0.5, 0.6) is 5.75 Å². The van der Waals surface area contributed by atoms with Crippen molar-refractivity contribution < 1.29 is 14.3 Å². The maximum Gasteiger partial charge on any atom is 0.267 e. The molecule has 166 valence electrons. The Morgan fingerprint density at radius 3 is 2.53 bits per heavy atom. The van der Waals surface area contributed by atoms with E-state index in [1.54, 1.807) is 30.3 Å². The maximum atomic E-state index is 12.8. The van der Waals surface area contributed by atoms with E-state index in [0.29, 0.717) is 18.7 Å². The average molecular weight is 449 g/mol. The van der Waals surface area contributed by atoms with E-state index in [2.05, 4.69) is 23.6 Å². The summed E-state index contributed by atoms with van der Waals surface area (Å²) in [4.78, 5) is 26.3. The molecular weight excluding hydrogens is 420 g/mol. The Bertz CT molecular complexity index is 1030. The van der Waals surface area contributed by atoms with Crippen LogP contribution in [0.4, 0.5) is 0 Å². The Balaban J connectivity index is 1.59. The van der Waals surface area contributed by atoms with Crippen LogP contribution >= 0.6 is 11.3 Å². The number of thiophene rings is 1. The fraction of sp³-hybridized carbons (Fsp3) is 0.231. The zero-order valence-electron chi connectivity index (χ0n) is 18.2. The molecule has 0 spiro atoms. The molecule has 2 N–H and O–H groups in total. The van der Waals surface area contributed by atoms with Gasteiger partial charge in [0.1, 0.15) is 11.4 Å². The molecule has 0 atom stereocenters. The number of benzene rings is 2. The van der Waals surface area contributed by atoms with Gasteiger partial charge in [-0.15, -0.1) is 11.3 Å². The van der Waals surface area contributed by atoms with E-state index in [1.165, 1.54) is 11.3 Å². The second-order valence-electron chi connectivity index (χ2n) is 7.21. The van der Waals surface area contributed by atoms with Crippen LogP contribution in [0.2, 0.25) is 0 Å². The SMILES string of the molecule is CCCOc1ccccc1CCCNC(=O)/C(=C/c1cccs1)NC(=O)c1ccccc1. The van der Waals surface area contributed by atoms with Crippen LogP contribution in [0, 0.1) is 0 Å². The van der Waals surface area contributed by atoms with E-state index in [9.17, 15) is 9.59 Å². The summed E-state index contributed by atoms with van der Waals surface area (Å²) >= 11 is 1.50. The number of para-hydroxylation sites is 1. The smallest absolute Gasteiger partial charge is 0.267 e. The van der Waals surface area contributed by atoms with Gasteiger partial charge in [0.15, 0.2) is 0 Å². The van der Waals surface area contributed by atoms with Crippen molar-refractivity contribution >= 4 is 29.2 Å². The standard InChI is InChI=1S/C26H28N2O3S/c1-2-17-31-24-15-7-6-10-20(24)13-8-16-27-26(30)23(19-22-14-9-18-32-22)28-25(29)21-11-4-3-5-12-21/h3-7,9-12,14-15,18-19H,2,8,13,16-17H2,1H3,(H,27,30)(H,28,29)/b23-19-. The van der Waals surface area contributed by atoms with E-state index in [-0.39, 0.29) is 17.5 Å². The molecule has 3 rings (SSSR count). The third kappa shape index (κ3) is 7.10.